The Morgan fingerprint density at radius 1 is 1.62 bits per heavy atom. The Morgan fingerprint density at radius 3 is 3.00 bits per heavy atom. The third-order valence-corrected chi connectivity index (χ3v) is 1.60. The van der Waals surface area contributed by atoms with Gasteiger partial charge in [0.1, 0.15) is 0 Å². The van der Waals surface area contributed by atoms with Gasteiger partial charge >= 0.3 is 0 Å². The fourth-order valence-corrected chi connectivity index (χ4v) is 1.05. The van der Waals surface area contributed by atoms with Crippen LogP contribution in [0.15, 0.2) is 0 Å². The van der Waals surface area contributed by atoms with Gasteiger partial charge in [0.25, 0.3) is 0 Å². The molecule has 1 atom stereocenters. The minimum Gasteiger partial charge on any atom is -0.381 e. The summed E-state index contributed by atoms with van der Waals surface area (Å²) >= 11 is 0. The molecule has 0 aromatic heterocycles. The average Bonchev–Trinajstić information content (AvgIpc) is 2.19. The van der Waals surface area contributed by atoms with Crippen molar-refractivity contribution in [3.63, 3.8) is 0 Å². The van der Waals surface area contributed by atoms with Gasteiger partial charge in [0.15, 0.2) is 0 Å². The highest BCUT2D eigenvalue weighted by Crippen LogP contribution is 2.16. The molecule has 1 unspecified atom stereocenters. The van der Waals surface area contributed by atoms with Crippen molar-refractivity contribution in [3.8, 4) is 0 Å². The molecule has 46 valence electrons. The van der Waals surface area contributed by atoms with Gasteiger partial charge in [-0.25, -0.2) is 0 Å². The van der Waals surface area contributed by atoms with Crippen molar-refractivity contribution in [1.82, 2.24) is 0 Å². The largest absolute Gasteiger partial charge is 0.381 e. The fraction of sp³-hybridized carbons (Fsp3) is 0.857. The van der Waals surface area contributed by atoms with E-state index < -0.39 is 0 Å². The fourth-order valence-electron chi connectivity index (χ4n) is 1.05. The molecule has 0 amide bonds. The lowest BCUT2D eigenvalue weighted by atomic mass is 10.0. The highest BCUT2D eigenvalue weighted by Gasteiger charge is 2.13. The Hall–Kier alpha value is -0.0400. The highest BCUT2D eigenvalue weighted by molar-refractivity contribution is 4.63. The molecule has 1 aliphatic heterocycles. The molecule has 1 heterocycles. The SMILES string of the molecule is [CH]CCC1CCOC1. The van der Waals surface area contributed by atoms with Crippen molar-refractivity contribution >= 4 is 0 Å². The second-order valence-electron chi connectivity index (χ2n) is 2.31. The van der Waals surface area contributed by atoms with Crippen LogP contribution in [-0.4, -0.2) is 13.2 Å². The number of ether oxygens (including phenoxy) is 1. The van der Waals surface area contributed by atoms with E-state index in [4.69, 9.17) is 11.7 Å². The van der Waals surface area contributed by atoms with E-state index >= 15 is 0 Å². The van der Waals surface area contributed by atoms with Crippen LogP contribution in [0.3, 0.4) is 0 Å². The first-order valence-electron chi connectivity index (χ1n) is 3.21. The van der Waals surface area contributed by atoms with Crippen molar-refractivity contribution < 1.29 is 4.74 Å². The molecule has 8 heavy (non-hydrogen) atoms. The smallest absolute Gasteiger partial charge is 0.0495 e. The molecular formula is C7H12O. The molecule has 2 radical (unpaired) electrons. The summed E-state index contributed by atoms with van der Waals surface area (Å²) in [6.07, 6.45) is 3.17. The molecule has 1 heteroatoms. The molecule has 0 bridgehead atoms. The summed E-state index contributed by atoms with van der Waals surface area (Å²) in [6, 6.07) is 0. The first kappa shape index (κ1) is 6.09. The topological polar surface area (TPSA) is 9.23 Å². The van der Waals surface area contributed by atoms with Crippen molar-refractivity contribution in [2.75, 3.05) is 13.2 Å². The maximum Gasteiger partial charge on any atom is 0.0495 e. The van der Waals surface area contributed by atoms with E-state index in [9.17, 15) is 0 Å². The molecule has 0 aromatic carbocycles. The van der Waals surface area contributed by atoms with Gasteiger partial charge in [0.2, 0.25) is 0 Å². The Balaban J connectivity index is 2.06. The maximum absolute atomic E-state index is 5.35. The molecule has 0 saturated carbocycles. The van der Waals surface area contributed by atoms with Gasteiger partial charge in [-0.1, -0.05) is 0 Å². The first-order chi connectivity index (χ1) is 3.93. The number of hydrogen-bond acceptors (Lipinski definition) is 1. The van der Waals surface area contributed by atoms with Crippen LogP contribution >= 0.6 is 0 Å². The van der Waals surface area contributed by atoms with Crippen molar-refractivity contribution in [2.24, 2.45) is 5.92 Å². The van der Waals surface area contributed by atoms with Crippen LogP contribution in [0.1, 0.15) is 19.3 Å². The number of rotatable bonds is 2. The summed E-state index contributed by atoms with van der Waals surface area (Å²) in [4.78, 5) is 0. The molecule has 1 saturated heterocycles. The van der Waals surface area contributed by atoms with Crippen molar-refractivity contribution in [2.45, 2.75) is 19.3 Å². The normalized spacial score (nSPS) is 28.9. The minimum absolute atomic E-state index is 0.764. The summed E-state index contributed by atoms with van der Waals surface area (Å²) in [5, 5.41) is 0. The van der Waals surface area contributed by atoms with Crippen LogP contribution in [0.25, 0.3) is 0 Å². The van der Waals surface area contributed by atoms with Gasteiger partial charge in [-0.2, -0.15) is 0 Å². The standard InChI is InChI=1S/C7H12O/c1-2-3-7-4-5-8-6-7/h1,7H,2-6H2. The minimum atomic E-state index is 0.764. The Morgan fingerprint density at radius 2 is 2.50 bits per heavy atom. The quantitative estimate of drug-likeness (QED) is 0.526. The summed E-state index contributed by atoms with van der Waals surface area (Å²) < 4.78 is 5.15. The number of hydrogen-bond donors (Lipinski definition) is 0. The van der Waals surface area contributed by atoms with Gasteiger partial charge in [0.05, 0.1) is 0 Å². The molecule has 1 rings (SSSR count). The molecule has 1 nitrogen and oxygen atoms in total. The molecule has 1 fully saturated rings. The zero-order valence-electron chi connectivity index (χ0n) is 5.10. The summed E-state index contributed by atoms with van der Waals surface area (Å²) in [5.74, 6) is 0.764. The van der Waals surface area contributed by atoms with Crippen LogP contribution in [0.2, 0.25) is 0 Å². The lowest BCUT2D eigenvalue weighted by Gasteiger charge is -2.01. The molecular weight excluding hydrogens is 100 g/mol. The monoisotopic (exact) mass is 112 g/mol. The zero-order valence-corrected chi connectivity index (χ0v) is 5.10. The van der Waals surface area contributed by atoms with Gasteiger partial charge in [-0.15, -0.1) is 0 Å². The van der Waals surface area contributed by atoms with E-state index in [-0.39, 0.29) is 0 Å². The van der Waals surface area contributed by atoms with E-state index in [0.29, 0.717) is 0 Å². The molecule has 0 aromatic rings. The van der Waals surface area contributed by atoms with Gasteiger partial charge < -0.3 is 4.74 Å². The van der Waals surface area contributed by atoms with Crippen molar-refractivity contribution in [1.29, 1.82) is 0 Å². The lowest BCUT2D eigenvalue weighted by Crippen LogP contribution is -1.96. The van der Waals surface area contributed by atoms with E-state index in [1.807, 2.05) is 0 Å². The second kappa shape index (κ2) is 3.08. The molecule has 0 aliphatic carbocycles. The van der Waals surface area contributed by atoms with E-state index in [1.54, 1.807) is 0 Å². The maximum atomic E-state index is 5.35. The van der Waals surface area contributed by atoms with Gasteiger partial charge in [-0.05, 0) is 32.1 Å². The molecule has 0 spiro atoms. The summed E-state index contributed by atoms with van der Waals surface area (Å²) in [6.45, 7) is 7.24. The predicted octanol–water partition coefficient (Wildman–Crippen LogP) is 1.51. The van der Waals surface area contributed by atoms with Gasteiger partial charge in [0, 0.05) is 13.2 Å². The van der Waals surface area contributed by atoms with Crippen LogP contribution < -0.4 is 0 Å². The van der Waals surface area contributed by atoms with Crippen LogP contribution in [0.5, 0.6) is 0 Å². The Kier molecular flexibility index (Phi) is 2.34. The zero-order chi connectivity index (χ0) is 5.82. The summed E-state index contributed by atoms with van der Waals surface area (Å²) in [7, 11) is 0. The highest BCUT2D eigenvalue weighted by atomic mass is 16.5. The average molecular weight is 112 g/mol. The summed E-state index contributed by atoms with van der Waals surface area (Å²) in [5.41, 5.74) is 0. The van der Waals surface area contributed by atoms with E-state index in [2.05, 4.69) is 0 Å². The van der Waals surface area contributed by atoms with Crippen molar-refractivity contribution in [3.05, 3.63) is 6.92 Å². The predicted molar refractivity (Wildman–Crippen MR) is 32.5 cm³/mol. The van der Waals surface area contributed by atoms with Crippen LogP contribution in [0, 0.1) is 12.8 Å². The van der Waals surface area contributed by atoms with Gasteiger partial charge in [-0.3, -0.25) is 0 Å². The Bertz CT molecular complexity index is 55.4. The first-order valence-corrected chi connectivity index (χ1v) is 3.21. The van der Waals surface area contributed by atoms with E-state index in [1.165, 1.54) is 6.42 Å². The van der Waals surface area contributed by atoms with Crippen LogP contribution in [-0.2, 0) is 4.74 Å². The molecule has 1 aliphatic rings. The van der Waals surface area contributed by atoms with E-state index in [0.717, 1.165) is 32.0 Å². The Labute approximate surface area is 51.0 Å². The van der Waals surface area contributed by atoms with Crippen LogP contribution in [0.4, 0.5) is 0 Å². The molecule has 0 N–H and O–H groups in total. The third kappa shape index (κ3) is 1.48. The third-order valence-electron chi connectivity index (χ3n) is 1.60. The lowest BCUT2D eigenvalue weighted by molar-refractivity contribution is 0.184. The second-order valence-corrected chi connectivity index (χ2v) is 2.31.